The molecule has 0 bridgehead atoms. The molecule has 0 aliphatic carbocycles. The van der Waals surface area contributed by atoms with Gasteiger partial charge in [0.25, 0.3) is 0 Å². The van der Waals surface area contributed by atoms with Crippen LogP contribution in [0.15, 0.2) is 36.8 Å². The number of rotatable bonds is 5. The van der Waals surface area contributed by atoms with Crippen molar-refractivity contribution in [2.24, 2.45) is 0 Å². The van der Waals surface area contributed by atoms with Gasteiger partial charge in [-0.3, -0.25) is 4.98 Å². The number of halogens is 4. The van der Waals surface area contributed by atoms with Crippen LogP contribution in [0.4, 0.5) is 17.6 Å². The minimum Gasteiger partial charge on any atom is -0.492 e. The predicted molar refractivity (Wildman–Crippen MR) is 114 cm³/mol. The number of imidazole rings is 1. The lowest BCUT2D eigenvalue weighted by molar-refractivity contribution is -0.136. The van der Waals surface area contributed by atoms with Crippen LogP contribution in [0.1, 0.15) is 50.9 Å². The fraction of sp³-hybridized carbons (Fsp3) is 0.478. The van der Waals surface area contributed by atoms with E-state index in [9.17, 15) is 22.7 Å². The van der Waals surface area contributed by atoms with E-state index in [2.05, 4.69) is 15.3 Å². The van der Waals surface area contributed by atoms with Crippen LogP contribution >= 0.6 is 0 Å². The Hall–Kier alpha value is -2.72. The third-order valence-corrected chi connectivity index (χ3v) is 5.91. The minimum atomic E-state index is -4.57. The Morgan fingerprint density at radius 2 is 2.00 bits per heavy atom. The fourth-order valence-electron chi connectivity index (χ4n) is 4.52. The van der Waals surface area contributed by atoms with Crippen LogP contribution in [0, 0.1) is 5.82 Å². The number of alkyl halides is 3. The number of benzene rings is 1. The molecule has 0 saturated carbocycles. The Labute approximate surface area is 188 Å². The third-order valence-electron chi connectivity index (χ3n) is 5.91. The number of hydrogen-bond acceptors (Lipinski definition) is 5. The maximum absolute atomic E-state index is 13.8. The molecule has 1 aliphatic heterocycles. The van der Waals surface area contributed by atoms with E-state index in [0.717, 1.165) is 12.3 Å². The smallest absolute Gasteiger partial charge is 0.418 e. The van der Waals surface area contributed by atoms with Crippen molar-refractivity contribution >= 4 is 11.0 Å². The second-order valence-electron chi connectivity index (χ2n) is 8.96. The van der Waals surface area contributed by atoms with Crippen molar-refractivity contribution in [3.8, 4) is 5.75 Å². The van der Waals surface area contributed by atoms with Gasteiger partial charge in [-0.05, 0) is 45.4 Å². The molecule has 33 heavy (non-hydrogen) atoms. The summed E-state index contributed by atoms with van der Waals surface area (Å²) in [6.45, 7) is 5.49. The highest BCUT2D eigenvalue weighted by atomic mass is 19.4. The van der Waals surface area contributed by atoms with Crippen LogP contribution in [-0.2, 0) is 11.8 Å². The van der Waals surface area contributed by atoms with E-state index < -0.39 is 23.2 Å². The summed E-state index contributed by atoms with van der Waals surface area (Å²) < 4.78 is 61.9. The van der Waals surface area contributed by atoms with Gasteiger partial charge in [0.2, 0.25) is 0 Å². The predicted octanol–water partition coefficient (Wildman–Crippen LogP) is 4.58. The highest BCUT2D eigenvalue weighted by Crippen LogP contribution is 2.39. The molecule has 1 fully saturated rings. The number of nitrogens with one attached hydrogen (secondary N) is 1. The van der Waals surface area contributed by atoms with Gasteiger partial charge in [-0.15, -0.1) is 0 Å². The lowest BCUT2D eigenvalue weighted by Gasteiger charge is -2.40. The molecule has 2 N–H and O–H groups in total. The zero-order valence-corrected chi connectivity index (χ0v) is 18.5. The summed E-state index contributed by atoms with van der Waals surface area (Å²) in [4.78, 5) is 8.16. The lowest BCUT2D eigenvalue weighted by Crippen LogP contribution is -2.53. The normalized spacial score (nSPS) is 23.9. The molecule has 0 amide bonds. The van der Waals surface area contributed by atoms with E-state index in [-0.39, 0.29) is 47.9 Å². The molecule has 1 aromatic carbocycles. The molecule has 3 atom stereocenters. The maximum Gasteiger partial charge on any atom is 0.418 e. The molecule has 1 aliphatic rings. The number of nitrogens with zero attached hydrogens (tertiary/aromatic N) is 3. The molecule has 10 heteroatoms. The van der Waals surface area contributed by atoms with E-state index in [1.54, 1.807) is 13.8 Å². The number of ether oxygens (including phenoxy) is 1. The van der Waals surface area contributed by atoms with Crippen LogP contribution in [0.3, 0.4) is 0 Å². The Kier molecular flexibility index (Phi) is 6.09. The Morgan fingerprint density at radius 1 is 1.24 bits per heavy atom. The van der Waals surface area contributed by atoms with Gasteiger partial charge in [0.15, 0.2) is 0 Å². The van der Waals surface area contributed by atoms with Gasteiger partial charge in [-0.2, -0.15) is 13.2 Å². The van der Waals surface area contributed by atoms with Gasteiger partial charge in [0.05, 0.1) is 34.8 Å². The first kappa shape index (κ1) is 23.4. The monoisotopic (exact) mass is 466 g/mol. The number of aliphatic hydroxyl groups is 1. The first-order valence-electron chi connectivity index (χ1n) is 10.8. The molecule has 2 aromatic heterocycles. The fourth-order valence-corrected chi connectivity index (χ4v) is 4.52. The zero-order chi connectivity index (χ0) is 24.0. The number of pyridine rings is 1. The van der Waals surface area contributed by atoms with Crippen LogP contribution in [0.2, 0.25) is 0 Å². The van der Waals surface area contributed by atoms with E-state index >= 15 is 0 Å². The van der Waals surface area contributed by atoms with Gasteiger partial charge in [0, 0.05) is 30.6 Å². The summed E-state index contributed by atoms with van der Waals surface area (Å²) in [7, 11) is 0. The average Bonchev–Trinajstić information content (AvgIpc) is 3.15. The molecule has 3 heterocycles. The number of aromatic nitrogens is 3. The van der Waals surface area contributed by atoms with Gasteiger partial charge in [-0.25, -0.2) is 9.37 Å². The van der Waals surface area contributed by atoms with E-state index in [0.29, 0.717) is 12.1 Å². The largest absolute Gasteiger partial charge is 0.492 e. The SMILES string of the molecule is CC1CC(O)(c2ccc(F)cn2)CC(COc2cc(C(F)(F)F)c3c(c2)ncn3C(C)C)N1. The van der Waals surface area contributed by atoms with Gasteiger partial charge >= 0.3 is 6.18 Å². The van der Waals surface area contributed by atoms with Crippen LogP contribution in [-0.4, -0.2) is 38.3 Å². The molecule has 0 radical (unpaired) electrons. The van der Waals surface area contributed by atoms with Crippen molar-refractivity contribution in [3.05, 3.63) is 53.9 Å². The van der Waals surface area contributed by atoms with Crippen molar-refractivity contribution in [2.75, 3.05) is 6.61 Å². The average molecular weight is 466 g/mol. The first-order valence-corrected chi connectivity index (χ1v) is 10.8. The van der Waals surface area contributed by atoms with E-state index in [4.69, 9.17) is 4.74 Å². The quantitative estimate of drug-likeness (QED) is 0.539. The van der Waals surface area contributed by atoms with Crippen molar-refractivity contribution in [3.63, 3.8) is 0 Å². The summed E-state index contributed by atoms with van der Waals surface area (Å²) in [6, 6.07) is 4.51. The van der Waals surface area contributed by atoms with Gasteiger partial charge < -0.3 is 19.7 Å². The molecule has 0 spiro atoms. The molecular formula is C23H26F4N4O2. The molecule has 6 nitrogen and oxygen atoms in total. The van der Waals surface area contributed by atoms with E-state index in [1.165, 1.54) is 29.1 Å². The lowest BCUT2D eigenvalue weighted by atomic mass is 9.81. The van der Waals surface area contributed by atoms with Crippen molar-refractivity contribution in [2.45, 2.75) is 63.5 Å². The summed E-state index contributed by atoms with van der Waals surface area (Å²) in [6.07, 6.45) is -1.55. The van der Waals surface area contributed by atoms with Gasteiger partial charge in [0.1, 0.15) is 23.8 Å². The Bertz CT molecular complexity index is 1130. The molecule has 3 unspecified atom stereocenters. The number of hydrogen-bond donors (Lipinski definition) is 2. The molecular weight excluding hydrogens is 440 g/mol. The van der Waals surface area contributed by atoms with Crippen LogP contribution < -0.4 is 10.1 Å². The Morgan fingerprint density at radius 3 is 2.64 bits per heavy atom. The molecule has 1 saturated heterocycles. The standard InChI is InChI=1S/C23H26F4N4O2/c1-13(2)31-12-29-19-7-17(6-18(21(19)31)23(25,26)27)33-11-16-9-22(32,8-14(3)30-16)20-5-4-15(24)10-28-20/h4-7,10,12-14,16,30,32H,8-9,11H2,1-3H3. The van der Waals surface area contributed by atoms with Crippen molar-refractivity contribution < 1.29 is 27.4 Å². The highest BCUT2D eigenvalue weighted by molar-refractivity contribution is 5.81. The van der Waals surface area contributed by atoms with Crippen molar-refractivity contribution in [1.29, 1.82) is 0 Å². The molecule has 3 aromatic rings. The summed E-state index contributed by atoms with van der Waals surface area (Å²) in [5, 5.41) is 14.5. The minimum absolute atomic E-state index is 0.0195. The summed E-state index contributed by atoms with van der Waals surface area (Å²) >= 11 is 0. The first-order chi connectivity index (χ1) is 15.5. The van der Waals surface area contributed by atoms with Gasteiger partial charge in [-0.1, -0.05) is 0 Å². The Balaban J connectivity index is 1.57. The topological polar surface area (TPSA) is 72.2 Å². The van der Waals surface area contributed by atoms with Crippen molar-refractivity contribution in [1.82, 2.24) is 19.9 Å². The van der Waals surface area contributed by atoms with Crippen LogP contribution in [0.25, 0.3) is 11.0 Å². The van der Waals surface area contributed by atoms with E-state index in [1.807, 2.05) is 6.92 Å². The maximum atomic E-state index is 13.8. The van der Waals surface area contributed by atoms with Crippen LogP contribution in [0.5, 0.6) is 5.75 Å². The number of piperidine rings is 1. The number of fused-ring (bicyclic) bond motifs is 1. The highest BCUT2D eigenvalue weighted by Gasteiger charge is 2.40. The third kappa shape index (κ3) is 4.81. The second-order valence-corrected chi connectivity index (χ2v) is 8.96. The zero-order valence-electron chi connectivity index (χ0n) is 18.5. The molecule has 4 rings (SSSR count). The summed E-state index contributed by atoms with van der Waals surface area (Å²) in [5.41, 5.74) is -1.54. The molecule has 178 valence electrons. The second kappa shape index (κ2) is 8.57. The summed E-state index contributed by atoms with van der Waals surface area (Å²) in [5.74, 6) is -0.452.